The van der Waals surface area contributed by atoms with Crippen LogP contribution in [0.15, 0.2) is 78.6 Å². The Balaban J connectivity index is 1.49. The Morgan fingerprint density at radius 1 is 1.09 bits per heavy atom. The second-order valence-electron chi connectivity index (χ2n) is 8.19. The molecule has 1 fully saturated rings. The molecule has 3 aromatic heterocycles. The van der Waals surface area contributed by atoms with Crippen molar-refractivity contribution in [3.63, 3.8) is 0 Å². The number of rotatable bonds is 5. The van der Waals surface area contributed by atoms with Crippen LogP contribution in [-0.2, 0) is 4.79 Å². The zero-order valence-electron chi connectivity index (χ0n) is 18.5. The number of carbonyl (C=O) groups excluding carboxylic acids is 1. The number of amides is 1. The molecule has 0 radical (unpaired) electrons. The standard InChI is InChI=1S/C27H23FN4OS/c28-24-10-2-1-9-22(24)23-17-30-27(19-6-3-13-29-16-19)31-26(23)20-7-4-14-32(18-20)25(33)12-11-21-8-5-15-34-21/h1-3,5-6,8-13,15-17,20H,4,7,14,18H2/b12-11+. The van der Waals surface area contributed by atoms with Crippen LogP contribution in [0.5, 0.6) is 0 Å². The number of likely N-dealkylation sites (tertiary alicyclic amines) is 1. The predicted molar refractivity (Wildman–Crippen MR) is 133 cm³/mol. The summed E-state index contributed by atoms with van der Waals surface area (Å²) < 4.78 is 14.7. The lowest BCUT2D eigenvalue weighted by atomic mass is 9.89. The van der Waals surface area contributed by atoms with Gasteiger partial charge >= 0.3 is 0 Å². The molecule has 1 aliphatic heterocycles. The number of hydrogen-bond donors (Lipinski definition) is 0. The smallest absolute Gasteiger partial charge is 0.246 e. The molecule has 7 heteroatoms. The van der Waals surface area contributed by atoms with E-state index < -0.39 is 0 Å². The highest BCUT2D eigenvalue weighted by atomic mass is 32.1. The van der Waals surface area contributed by atoms with Crippen molar-refractivity contribution in [3.8, 4) is 22.5 Å². The maximum absolute atomic E-state index is 14.7. The van der Waals surface area contributed by atoms with E-state index in [2.05, 4.69) is 9.97 Å². The Morgan fingerprint density at radius 2 is 2.00 bits per heavy atom. The highest BCUT2D eigenvalue weighted by Crippen LogP contribution is 2.35. The zero-order valence-corrected chi connectivity index (χ0v) is 19.3. The molecular formula is C27H23FN4OS. The largest absolute Gasteiger partial charge is 0.338 e. The lowest BCUT2D eigenvalue weighted by molar-refractivity contribution is -0.127. The van der Waals surface area contributed by atoms with Crippen LogP contribution in [0.4, 0.5) is 4.39 Å². The molecule has 0 N–H and O–H groups in total. The normalized spacial score (nSPS) is 16.1. The van der Waals surface area contributed by atoms with Gasteiger partial charge in [0.25, 0.3) is 0 Å². The summed E-state index contributed by atoms with van der Waals surface area (Å²) >= 11 is 1.59. The maximum Gasteiger partial charge on any atom is 0.246 e. The summed E-state index contributed by atoms with van der Waals surface area (Å²) in [6, 6.07) is 14.4. The molecule has 1 atom stereocenters. The van der Waals surface area contributed by atoms with E-state index in [0.29, 0.717) is 30.0 Å². The average Bonchev–Trinajstić information content (AvgIpc) is 3.42. The molecular weight excluding hydrogens is 447 g/mol. The van der Waals surface area contributed by atoms with Crippen LogP contribution < -0.4 is 0 Å². The van der Waals surface area contributed by atoms with Crippen LogP contribution in [0, 0.1) is 5.82 Å². The van der Waals surface area contributed by atoms with Crippen LogP contribution in [0.25, 0.3) is 28.6 Å². The number of nitrogens with zero attached hydrogens (tertiary/aromatic N) is 4. The van der Waals surface area contributed by atoms with Gasteiger partial charge in [0.1, 0.15) is 5.82 Å². The fraction of sp³-hybridized carbons (Fsp3) is 0.185. The van der Waals surface area contributed by atoms with E-state index in [1.54, 1.807) is 48.1 Å². The number of carbonyl (C=O) groups is 1. The zero-order chi connectivity index (χ0) is 23.3. The summed E-state index contributed by atoms with van der Waals surface area (Å²) in [7, 11) is 0. The lowest BCUT2D eigenvalue weighted by Crippen LogP contribution is -2.38. The first-order valence-corrected chi connectivity index (χ1v) is 12.1. The number of thiophene rings is 1. The van der Waals surface area contributed by atoms with Crippen LogP contribution in [-0.4, -0.2) is 38.8 Å². The van der Waals surface area contributed by atoms with Crippen LogP contribution in [0.2, 0.25) is 0 Å². The molecule has 5 rings (SSSR count). The van der Waals surface area contributed by atoms with E-state index in [4.69, 9.17) is 4.98 Å². The Labute approximate surface area is 201 Å². The molecule has 5 nitrogen and oxygen atoms in total. The van der Waals surface area contributed by atoms with E-state index in [9.17, 15) is 9.18 Å². The molecule has 1 aromatic carbocycles. The second kappa shape index (κ2) is 10.1. The summed E-state index contributed by atoms with van der Waals surface area (Å²) in [5.41, 5.74) is 2.69. The van der Waals surface area contributed by atoms with Gasteiger partial charge in [-0.05, 0) is 48.6 Å². The van der Waals surface area contributed by atoms with Crippen molar-refractivity contribution in [3.05, 3.63) is 95.0 Å². The van der Waals surface area contributed by atoms with Crippen LogP contribution >= 0.6 is 11.3 Å². The molecule has 1 amide bonds. The predicted octanol–water partition coefficient (Wildman–Crippen LogP) is 5.83. The number of hydrogen-bond acceptors (Lipinski definition) is 5. The van der Waals surface area contributed by atoms with Gasteiger partial charge in [0.05, 0.1) is 5.69 Å². The maximum atomic E-state index is 14.7. The summed E-state index contributed by atoms with van der Waals surface area (Å²) in [5.74, 6) is 0.182. The summed E-state index contributed by atoms with van der Waals surface area (Å²) in [6.45, 7) is 1.22. The fourth-order valence-corrected chi connectivity index (χ4v) is 4.89. The van der Waals surface area contributed by atoms with Crippen LogP contribution in [0.3, 0.4) is 0 Å². The monoisotopic (exact) mass is 470 g/mol. The molecule has 0 saturated carbocycles. The molecule has 4 aromatic rings. The van der Waals surface area contributed by atoms with Gasteiger partial charge in [0.2, 0.25) is 5.91 Å². The van der Waals surface area contributed by atoms with Gasteiger partial charge in [0.15, 0.2) is 5.82 Å². The molecule has 0 aliphatic carbocycles. The van der Waals surface area contributed by atoms with Gasteiger partial charge in [-0.15, -0.1) is 11.3 Å². The second-order valence-corrected chi connectivity index (χ2v) is 9.17. The molecule has 0 bridgehead atoms. The van der Waals surface area contributed by atoms with Crippen molar-refractivity contribution in [2.45, 2.75) is 18.8 Å². The molecule has 0 spiro atoms. The molecule has 34 heavy (non-hydrogen) atoms. The number of aromatic nitrogens is 3. The van der Waals surface area contributed by atoms with E-state index in [1.165, 1.54) is 6.07 Å². The van der Waals surface area contributed by atoms with Gasteiger partial charge < -0.3 is 4.90 Å². The molecule has 1 unspecified atom stereocenters. The lowest BCUT2D eigenvalue weighted by Gasteiger charge is -2.32. The third-order valence-electron chi connectivity index (χ3n) is 5.96. The van der Waals surface area contributed by atoms with Crippen molar-refractivity contribution in [2.24, 2.45) is 0 Å². The van der Waals surface area contributed by atoms with Crippen molar-refractivity contribution in [2.75, 3.05) is 13.1 Å². The third-order valence-corrected chi connectivity index (χ3v) is 6.79. The summed E-state index contributed by atoms with van der Waals surface area (Å²) in [5, 5.41) is 1.99. The Morgan fingerprint density at radius 3 is 2.79 bits per heavy atom. The van der Waals surface area contributed by atoms with Crippen molar-refractivity contribution >= 4 is 23.3 Å². The van der Waals surface area contributed by atoms with E-state index >= 15 is 0 Å². The van der Waals surface area contributed by atoms with Crippen molar-refractivity contribution in [1.82, 2.24) is 19.9 Å². The van der Waals surface area contributed by atoms with Gasteiger partial charge in [-0.3, -0.25) is 9.78 Å². The molecule has 4 heterocycles. The number of halogens is 1. The average molecular weight is 471 g/mol. The topological polar surface area (TPSA) is 59.0 Å². The van der Waals surface area contributed by atoms with Crippen LogP contribution in [0.1, 0.15) is 29.3 Å². The minimum atomic E-state index is -0.316. The molecule has 1 aliphatic rings. The Hall–Kier alpha value is -3.71. The SMILES string of the molecule is O=C(/C=C/c1cccs1)N1CCCC(c2nc(-c3cccnc3)ncc2-c2ccccc2F)C1. The molecule has 170 valence electrons. The van der Waals surface area contributed by atoms with E-state index in [0.717, 1.165) is 29.0 Å². The van der Waals surface area contributed by atoms with E-state index in [1.807, 2.05) is 46.7 Å². The minimum Gasteiger partial charge on any atom is -0.338 e. The molecule has 1 saturated heterocycles. The number of benzene rings is 1. The fourth-order valence-electron chi connectivity index (χ4n) is 4.27. The number of piperidine rings is 1. The first-order chi connectivity index (χ1) is 16.7. The highest BCUT2D eigenvalue weighted by molar-refractivity contribution is 7.10. The Bertz CT molecular complexity index is 1310. The first kappa shape index (κ1) is 22.1. The van der Waals surface area contributed by atoms with E-state index in [-0.39, 0.29) is 17.6 Å². The summed E-state index contributed by atoms with van der Waals surface area (Å²) in [6.07, 6.45) is 10.3. The first-order valence-electron chi connectivity index (χ1n) is 11.2. The Kier molecular flexibility index (Phi) is 6.53. The minimum absolute atomic E-state index is 0.0212. The van der Waals surface area contributed by atoms with Gasteiger partial charge in [-0.1, -0.05) is 24.3 Å². The third kappa shape index (κ3) is 4.79. The van der Waals surface area contributed by atoms with Gasteiger partial charge in [-0.25, -0.2) is 14.4 Å². The quantitative estimate of drug-likeness (QED) is 0.345. The summed E-state index contributed by atoms with van der Waals surface area (Å²) in [4.78, 5) is 29.4. The number of pyridine rings is 1. The highest BCUT2D eigenvalue weighted by Gasteiger charge is 2.28. The van der Waals surface area contributed by atoms with Gasteiger partial charge in [0, 0.05) is 65.2 Å². The van der Waals surface area contributed by atoms with Crippen molar-refractivity contribution in [1.29, 1.82) is 0 Å². The van der Waals surface area contributed by atoms with Crippen molar-refractivity contribution < 1.29 is 9.18 Å². The van der Waals surface area contributed by atoms with Gasteiger partial charge in [-0.2, -0.15) is 0 Å².